The van der Waals surface area contributed by atoms with Crippen LogP contribution in [-0.4, -0.2) is 64.5 Å². The maximum Gasteiger partial charge on any atom is 0.303 e. The first-order valence-electron chi connectivity index (χ1n) is 8.96. The average Bonchev–Trinajstić information content (AvgIpc) is 2.50. The second-order valence-electron chi connectivity index (χ2n) is 6.45. The first-order valence-corrected chi connectivity index (χ1v) is 8.96. The molecular weight excluding hydrogens is 310 g/mol. The van der Waals surface area contributed by atoms with Gasteiger partial charge in [0.15, 0.2) is 0 Å². The molecule has 140 valence electrons. The van der Waals surface area contributed by atoms with Crippen LogP contribution in [0, 0.1) is 0 Å². The summed E-state index contributed by atoms with van der Waals surface area (Å²) in [5, 5.41) is 27.1. The van der Waals surface area contributed by atoms with Crippen molar-refractivity contribution < 1.29 is 29.4 Å². The number of allylic oxidation sites excluding steroid dienone is 1. The van der Waals surface area contributed by atoms with E-state index in [0.717, 1.165) is 38.6 Å². The molecule has 0 aliphatic carbocycles. The largest absolute Gasteiger partial charge is 0.481 e. The summed E-state index contributed by atoms with van der Waals surface area (Å²) in [6.45, 7) is 6.54. The predicted octanol–water partition coefficient (Wildman–Crippen LogP) is 2.66. The lowest BCUT2D eigenvalue weighted by atomic mass is 10.1. The highest BCUT2D eigenvalue weighted by Gasteiger charge is 2.26. The molecule has 0 aliphatic heterocycles. The van der Waals surface area contributed by atoms with Crippen molar-refractivity contribution in [3.8, 4) is 0 Å². The van der Waals surface area contributed by atoms with Crippen molar-refractivity contribution in [1.82, 2.24) is 0 Å². The van der Waals surface area contributed by atoms with E-state index in [1.807, 2.05) is 6.08 Å². The molecule has 0 aliphatic rings. The van der Waals surface area contributed by atoms with Gasteiger partial charge in [-0.25, -0.2) is 0 Å². The first-order chi connectivity index (χ1) is 11.5. The van der Waals surface area contributed by atoms with E-state index in [4.69, 9.17) is 10.2 Å². The van der Waals surface area contributed by atoms with Crippen LogP contribution in [0.15, 0.2) is 12.7 Å². The summed E-state index contributed by atoms with van der Waals surface area (Å²) in [6, 6.07) is 0. The fourth-order valence-corrected chi connectivity index (χ4v) is 3.10. The number of carbonyl (C=O) groups is 2. The molecule has 6 heteroatoms. The fraction of sp³-hybridized carbons (Fsp3) is 0.778. The Hall–Kier alpha value is -1.40. The van der Waals surface area contributed by atoms with Gasteiger partial charge in [-0.2, -0.15) is 0 Å². The summed E-state index contributed by atoms with van der Waals surface area (Å²) in [4.78, 5) is 21.5. The van der Waals surface area contributed by atoms with Crippen LogP contribution in [0.25, 0.3) is 0 Å². The van der Waals surface area contributed by atoms with Crippen LogP contribution < -0.4 is 0 Å². The van der Waals surface area contributed by atoms with Gasteiger partial charge in [-0.05, 0) is 25.7 Å². The summed E-state index contributed by atoms with van der Waals surface area (Å²) in [5.74, 6) is -1.63. The minimum absolute atomic E-state index is 0.0383. The second-order valence-corrected chi connectivity index (χ2v) is 6.45. The van der Waals surface area contributed by atoms with E-state index in [1.165, 1.54) is 0 Å². The molecule has 0 heterocycles. The Morgan fingerprint density at radius 2 is 1.29 bits per heavy atom. The molecular formula is C18H34NO5+. The van der Waals surface area contributed by atoms with E-state index in [-0.39, 0.29) is 19.4 Å². The molecule has 0 amide bonds. The first kappa shape index (κ1) is 22.6. The molecule has 0 aromatic carbocycles. The van der Waals surface area contributed by atoms with Crippen molar-refractivity contribution in [2.45, 2.75) is 57.8 Å². The van der Waals surface area contributed by atoms with E-state index >= 15 is 0 Å². The molecule has 6 nitrogen and oxygen atoms in total. The zero-order valence-electron chi connectivity index (χ0n) is 14.8. The lowest BCUT2D eigenvalue weighted by molar-refractivity contribution is -0.929. The monoisotopic (exact) mass is 344 g/mol. The Bertz CT molecular complexity index is 350. The SMILES string of the molecule is C=CCCCCCC[N+](CCO)(CCCC(=O)O)CCCC(=O)O. The average molecular weight is 344 g/mol. The van der Waals surface area contributed by atoms with Crippen molar-refractivity contribution in [2.24, 2.45) is 0 Å². The summed E-state index contributed by atoms with van der Waals surface area (Å²) in [7, 11) is 0. The Balaban J connectivity index is 4.54. The van der Waals surface area contributed by atoms with E-state index in [0.29, 0.717) is 37.0 Å². The Kier molecular flexibility index (Phi) is 13.2. The van der Waals surface area contributed by atoms with Crippen molar-refractivity contribution in [1.29, 1.82) is 0 Å². The number of unbranched alkanes of at least 4 members (excludes halogenated alkanes) is 4. The summed E-state index contributed by atoms with van der Waals surface area (Å²) in [5.41, 5.74) is 0. The van der Waals surface area contributed by atoms with Gasteiger partial charge in [0.2, 0.25) is 0 Å². The summed E-state index contributed by atoms with van der Waals surface area (Å²) in [6.07, 6.45) is 8.65. The summed E-state index contributed by atoms with van der Waals surface area (Å²) < 4.78 is 0.624. The molecule has 0 radical (unpaired) electrons. The number of carboxylic acid groups (broad SMARTS) is 2. The van der Waals surface area contributed by atoms with Gasteiger partial charge in [0.05, 0.1) is 39.1 Å². The minimum Gasteiger partial charge on any atom is -0.481 e. The molecule has 0 fully saturated rings. The Morgan fingerprint density at radius 1 is 0.792 bits per heavy atom. The molecule has 24 heavy (non-hydrogen) atoms. The molecule has 0 saturated carbocycles. The Morgan fingerprint density at radius 3 is 1.75 bits per heavy atom. The number of hydrogen-bond donors (Lipinski definition) is 3. The molecule has 0 aromatic heterocycles. The van der Waals surface area contributed by atoms with Crippen LogP contribution in [0.2, 0.25) is 0 Å². The van der Waals surface area contributed by atoms with Crippen LogP contribution >= 0.6 is 0 Å². The number of carboxylic acids is 2. The second kappa shape index (κ2) is 14.0. The molecule has 0 bridgehead atoms. The number of quaternary nitrogens is 1. The number of nitrogens with zero attached hydrogens (tertiary/aromatic N) is 1. The standard InChI is InChI=1S/C18H33NO5/c1-2-3-4-5-6-7-12-19(15-16-20,13-8-10-17(21)22)14-9-11-18(23)24/h2,20H,1,3-16H2,(H-,21,22,23,24)/p+1. The van der Waals surface area contributed by atoms with Gasteiger partial charge in [-0.15, -0.1) is 6.58 Å². The number of aliphatic hydroxyl groups is 1. The normalized spacial score (nSPS) is 11.4. The van der Waals surface area contributed by atoms with Crippen LogP contribution in [0.3, 0.4) is 0 Å². The van der Waals surface area contributed by atoms with Crippen LogP contribution in [0.4, 0.5) is 0 Å². The quantitative estimate of drug-likeness (QED) is 0.214. The number of aliphatic hydroxyl groups excluding tert-OH is 1. The number of hydrogen-bond acceptors (Lipinski definition) is 3. The smallest absolute Gasteiger partial charge is 0.303 e. The van der Waals surface area contributed by atoms with Crippen molar-refractivity contribution in [3.63, 3.8) is 0 Å². The van der Waals surface area contributed by atoms with Crippen LogP contribution in [-0.2, 0) is 9.59 Å². The van der Waals surface area contributed by atoms with Crippen LogP contribution in [0.5, 0.6) is 0 Å². The Labute approximate surface area is 145 Å². The minimum atomic E-state index is -0.813. The zero-order valence-corrected chi connectivity index (χ0v) is 14.8. The van der Waals surface area contributed by atoms with Gasteiger partial charge >= 0.3 is 11.9 Å². The summed E-state index contributed by atoms with van der Waals surface area (Å²) >= 11 is 0. The van der Waals surface area contributed by atoms with Crippen molar-refractivity contribution in [2.75, 3.05) is 32.8 Å². The molecule has 3 N–H and O–H groups in total. The lowest BCUT2D eigenvalue weighted by Gasteiger charge is -2.38. The van der Waals surface area contributed by atoms with Crippen LogP contribution in [0.1, 0.15) is 57.8 Å². The van der Waals surface area contributed by atoms with E-state index in [2.05, 4.69) is 6.58 Å². The van der Waals surface area contributed by atoms with E-state index < -0.39 is 11.9 Å². The van der Waals surface area contributed by atoms with Gasteiger partial charge in [-0.3, -0.25) is 9.59 Å². The fourth-order valence-electron chi connectivity index (χ4n) is 3.10. The predicted molar refractivity (Wildman–Crippen MR) is 93.8 cm³/mol. The topological polar surface area (TPSA) is 94.8 Å². The van der Waals surface area contributed by atoms with Gasteiger partial charge in [0, 0.05) is 12.8 Å². The van der Waals surface area contributed by atoms with Gasteiger partial charge < -0.3 is 19.8 Å². The van der Waals surface area contributed by atoms with Gasteiger partial charge in [0.1, 0.15) is 6.54 Å². The third kappa shape index (κ3) is 12.1. The molecule has 0 rings (SSSR count). The van der Waals surface area contributed by atoms with E-state index in [1.54, 1.807) is 0 Å². The molecule has 0 unspecified atom stereocenters. The number of aliphatic carboxylic acids is 2. The highest BCUT2D eigenvalue weighted by molar-refractivity contribution is 5.66. The highest BCUT2D eigenvalue weighted by atomic mass is 16.4. The van der Waals surface area contributed by atoms with Crippen molar-refractivity contribution in [3.05, 3.63) is 12.7 Å². The third-order valence-electron chi connectivity index (χ3n) is 4.41. The molecule has 0 spiro atoms. The van der Waals surface area contributed by atoms with Gasteiger partial charge in [0.25, 0.3) is 0 Å². The lowest BCUT2D eigenvalue weighted by Crippen LogP contribution is -2.52. The van der Waals surface area contributed by atoms with Crippen molar-refractivity contribution >= 4 is 11.9 Å². The molecule has 0 aromatic rings. The van der Waals surface area contributed by atoms with E-state index in [9.17, 15) is 14.7 Å². The number of rotatable bonds is 17. The third-order valence-corrected chi connectivity index (χ3v) is 4.41. The highest BCUT2D eigenvalue weighted by Crippen LogP contribution is 2.16. The molecule has 0 atom stereocenters. The van der Waals surface area contributed by atoms with Gasteiger partial charge in [-0.1, -0.05) is 12.5 Å². The molecule has 0 saturated heterocycles. The zero-order chi connectivity index (χ0) is 18.3. The maximum absolute atomic E-state index is 10.8. The maximum atomic E-state index is 10.8.